The number of ketones is 1. The van der Waals surface area contributed by atoms with Gasteiger partial charge in [-0.3, -0.25) is 4.79 Å². The van der Waals surface area contributed by atoms with Gasteiger partial charge in [0.2, 0.25) is 0 Å². The second-order valence-corrected chi connectivity index (χ2v) is 11.1. The fourth-order valence-electron chi connectivity index (χ4n) is 2.37. The first kappa shape index (κ1) is 18.2. The third kappa shape index (κ3) is 4.66. The van der Waals surface area contributed by atoms with E-state index < -0.39 is 14.4 Å². The maximum atomic E-state index is 12.8. The quantitative estimate of drug-likeness (QED) is 0.403. The summed E-state index contributed by atoms with van der Waals surface area (Å²) in [7, 11) is -0.260. The molecule has 1 unspecified atom stereocenters. The molecule has 0 radical (unpaired) electrons. The topological polar surface area (TPSA) is 35.5 Å². The van der Waals surface area contributed by atoms with E-state index in [1.54, 1.807) is 31.4 Å². The van der Waals surface area contributed by atoms with Gasteiger partial charge in [-0.15, -0.1) is 0 Å². The summed E-state index contributed by atoms with van der Waals surface area (Å²) in [4.78, 5) is 12.8. The Kier molecular flexibility index (Phi) is 5.75. The summed E-state index contributed by atoms with van der Waals surface area (Å²) in [6.07, 6.45) is -0.424. The Balaban J connectivity index is 2.30. The van der Waals surface area contributed by atoms with Gasteiger partial charge in [0, 0.05) is 11.1 Å². The van der Waals surface area contributed by atoms with Crippen LogP contribution in [0.25, 0.3) is 0 Å². The molecule has 0 aliphatic heterocycles. The zero-order valence-corrected chi connectivity index (χ0v) is 15.7. The summed E-state index contributed by atoms with van der Waals surface area (Å²) in [5, 5.41) is 0. The first-order chi connectivity index (χ1) is 11.3. The standard InChI is InChI=1S/C20H24O3Si/c1-15(19(21)16-11-13-18(22-2)14-12-16)20(23-24(3,4)5)17-9-7-6-8-10-17/h6-14,20H,1H2,2-5H3. The normalized spacial score (nSPS) is 12.5. The molecule has 126 valence electrons. The molecular formula is C20H24O3Si. The molecule has 0 aliphatic carbocycles. The van der Waals surface area contributed by atoms with E-state index in [0.717, 1.165) is 11.3 Å². The molecule has 0 spiro atoms. The van der Waals surface area contributed by atoms with Gasteiger partial charge in [0.15, 0.2) is 14.1 Å². The summed E-state index contributed by atoms with van der Waals surface area (Å²) in [5.74, 6) is 0.611. The number of hydrogen-bond acceptors (Lipinski definition) is 3. The van der Waals surface area contributed by atoms with E-state index in [1.165, 1.54) is 0 Å². The van der Waals surface area contributed by atoms with E-state index in [1.807, 2.05) is 30.3 Å². The Morgan fingerprint density at radius 2 is 1.58 bits per heavy atom. The van der Waals surface area contributed by atoms with Crippen LogP contribution in [0.15, 0.2) is 66.7 Å². The van der Waals surface area contributed by atoms with Gasteiger partial charge in [-0.25, -0.2) is 0 Å². The molecule has 0 heterocycles. The van der Waals surface area contributed by atoms with Crippen molar-refractivity contribution in [2.24, 2.45) is 0 Å². The lowest BCUT2D eigenvalue weighted by atomic mass is 9.96. The third-order valence-corrected chi connectivity index (χ3v) is 4.48. The van der Waals surface area contributed by atoms with Crippen molar-refractivity contribution < 1.29 is 14.0 Å². The fraction of sp³-hybridized carbons (Fsp3) is 0.250. The molecule has 2 rings (SSSR count). The van der Waals surface area contributed by atoms with Crippen molar-refractivity contribution in [2.45, 2.75) is 25.7 Å². The van der Waals surface area contributed by atoms with E-state index in [0.29, 0.717) is 11.1 Å². The van der Waals surface area contributed by atoms with Gasteiger partial charge in [0.05, 0.1) is 13.2 Å². The molecule has 0 bridgehead atoms. The van der Waals surface area contributed by atoms with Gasteiger partial charge in [-0.1, -0.05) is 36.9 Å². The number of hydrogen-bond donors (Lipinski definition) is 0. The average molecular weight is 340 g/mol. The minimum absolute atomic E-state index is 0.107. The van der Waals surface area contributed by atoms with Crippen LogP contribution in [0.3, 0.4) is 0 Å². The number of ether oxygens (including phenoxy) is 1. The SMILES string of the molecule is C=C(C(=O)c1ccc(OC)cc1)C(O[Si](C)(C)C)c1ccccc1. The summed E-state index contributed by atoms with van der Waals surface area (Å²) in [5.41, 5.74) is 1.99. The number of carbonyl (C=O) groups is 1. The summed E-state index contributed by atoms with van der Waals surface area (Å²) < 4.78 is 11.4. The Morgan fingerprint density at radius 3 is 2.08 bits per heavy atom. The van der Waals surface area contributed by atoms with Gasteiger partial charge >= 0.3 is 0 Å². The van der Waals surface area contributed by atoms with Crippen molar-refractivity contribution in [1.29, 1.82) is 0 Å². The van der Waals surface area contributed by atoms with Crippen molar-refractivity contribution >= 4 is 14.1 Å². The van der Waals surface area contributed by atoms with Gasteiger partial charge in [0.1, 0.15) is 5.75 Å². The minimum atomic E-state index is -1.86. The Labute approximate surface area is 145 Å². The van der Waals surface area contributed by atoms with Crippen molar-refractivity contribution in [2.75, 3.05) is 7.11 Å². The maximum absolute atomic E-state index is 12.8. The van der Waals surface area contributed by atoms with Crippen LogP contribution in [0.5, 0.6) is 5.75 Å². The highest BCUT2D eigenvalue weighted by molar-refractivity contribution is 6.69. The van der Waals surface area contributed by atoms with Gasteiger partial charge < -0.3 is 9.16 Å². The Morgan fingerprint density at radius 1 is 1.00 bits per heavy atom. The first-order valence-electron chi connectivity index (χ1n) is 7.92. The minimum Gasteiger partial charge on any atom is -0.497 e. The lowest BCUT2D eigenvalue weighted by Crippen LogP contribution is -2.30. The molecule has 1 atom stereocenters. The molecule has 0 aromatic heterocycles. The second kappa shape index (κ2) is 7.60. The summed E-state index contributed by atoms with van der Waals surface area (Å²) in [6, 6.07) is 16.8. The molecular weight excluding hydrogens is 316 g/mol. The molecule has 2 aromatic rings. The maximum Gasteiger partial charge on any atom is 0.191 e. The molecule has 2 aromatic carbocycles. The lowest BCUT2D eigenvalue weighted by molar-refractivity contribution is 0.0995. The number of rotatable bonds is 7. The molecule has 0 fully saturated rings. The van der Waals surface area contributed by atoms with Crippen molar-refractivity contribution in [3.8, 4) is 5.75 Å². The zero-order chi connectivity index (χ0) is 17.7. The first-order valence-corrected chi connectivity index (χ1v) is 11.3. The molecule has 0 saturated carbocycles. The van der Waals surface area contributed by atoms with Gasteiger partial charge in [-0.2, -0.15) is 0 Å². The van der Waals surface area contributed by atoms with E-state index in [2.05, 4.69) is 26.2 Å². The van der Waals surface area contributed by atoms with Crippen LogP contribution in [-0.4, -0.2) is 21.2 Å². The highest BCUT2D eigenvalue weighted by atomic mass is 28.4. The van der Waals surface area contributed by atoms with Crippen LogP contribution < -0.4 is 4.74 Å². The monoisotopic (exact) mass is 340 g/mol. The van der Waals surface area contributed by atoms with E-state index in [9.17, 15) is 4.79 Å². The van der Waals surface area contributed by atoms with E-state index in [4.69, 9.17) is 9.16 Å². The number of methoxy groups -OCH3 is 1. The van der Waals surface area contributed by atoms with Gasteiger partial charge in [-0.05, 0) is 49.5 Å². The predicted molar refractivity (Wildman–Crippen MR) is 100 cm³/mol. The van der Waals surface area contributed by atoms with Crippen molar-refractivity contribution in [1.82, 2.24) is 0 Å². The van der Waals surface area contributed by atoms with Crippen LogP contribution >= 0.6 is 0 Å². The van der Waals surface area contributed by atoms with E-state index in [-0.39, 0.29) is 5.78 Å². The number of benzene rings is 2. The fourth-order valence-corrected chi connectivity index (χ4v) is 3.35. The highest BCUT2D eigenvalue weighted by Crippen LogP contribution is 2.30. The average Bonchev–Trinajstić information content (AvgIpc) is 2.58. The molecule has 24 heavy (non-hydrogen) atoms. The molecule has 0 saturated heterocycles. The van der Waals surface area contributed by atoms with E-state index >= 15 is 0 Å². The van der Waals surface area contributed by atoms with Crippen LogP contribution in [0.4, 0.5) is 0 Å². The lowest BCUT2D eigenvalue weighted by Gasteiger charge is -2.28. The largest absolute Gasteiger partial charge is 0.497 e. The molecule has 0 amide bonds. The molecule has 0 N–H and O–H groups in total. The third-order valence-electron chi connectivity index (χ3n) is 3.53. The van der Waals surface area contributed by atoms with Crippen LogP contribution in [0.2, 0.25) is 19.6 Å². The molecule has 3 nitrogen and oxygen atoms in total. The van der Waals surface area contributed by atoms with Crippen molar-refractivity contribution in [3.63, 3.8) is 0 Å². The van der Waals surface area contributed by atoms with Crippen molar-refractivity contribution in [3.05, 3.63) is 77.9 Å². The van der Waals surface area contributed by atoms with Crippen LogP contribution in [0, 0.1) is 0 Å². The van der Waals surface area contributed by atoms with Crippen LogP contribution in [-0.2, 0) is 4.43 Å². The number of Topliss-reactive ketones (excluding diaryl/α,β-unsaturated/α-hetero) is 1. The summed E-state index contributed by atoms with van der Waals surface area (Å²) >= 11 is 0. The van der Waals surface area contributed by atoms with Crippen LogP contribution in [0.1, 0.15) is 22.0 Å². The highest BCUT2D eigenvalue weighted by Gasteiger charge is 2.28. The molecule has 0 aliphatic rings. The Hall–Kier alpha value is -2.17. The second-order valence-electron chi connectivity index (χ2n) is 6.60. The summed E-state index contributed by atoms with van der Waals surface area (Å²) in [6.45, 7) is 10.4. The Bertz CT molecular complexity index is 700. The number of carbonyl (C=O) groups excluding carboxylic acids is 1. The van der Waals surface area contributed by atoms with Gasteiger partial charge in [0.25, 0.3) is 0 Å². The zero-order valence-electron chi connectivity index (χ0n) is 14.7. The smallest absolute Gasteiger partial charge is 0.191 e. The predicted octanol–water partition coefficient (Wildman–Crippen LogP) is 5.03. The molecule has 4 heteroatoms.